The Morgan fingerprint density at radius 3 is 2.82 bits per heavy atom. The Morgan fingerprint density at radius 2 is 2.00 bits per heavy atom. The minimum atomic E-state index is 0.251. The molecule has 2 aliphatic rings. The molecule has 2 fully saturated rings. The zero-order chi connectivity index (χ0) is 19.3. The number of anilines is 2. The molecular weight excluding hydrogens is 392 g/mol. The van der Waals surface area contributed by atoms with Crippen LogP contribution in [0.4, 0.5) is 10.8 Å². The van der Waals surface area contributed by atoms with Gasteiger partial charge in [-0.05, 0) is 55.9 Å². The van der Waals surface area contributed by atoms with Crippen molar-refractivity contribution < 1.29 is 9.53 Å². The number of fused-ring (bicyclic) bond motifs is 1. The fourth-order valence-electron chi connectivity index (χ4n) is 4.26. The lowest BCUT2D eigenvalue weighted by Gasteiger charge is -2.44. The highest BCUT2D eigenvalue weighted by Crippen LogP contribution is 2.36. The number of piperidine rings is 1. The van der Waals surface area contributed by atoms with Crippen molar-refractivity contribution in [2.75, 3.05) is 24.7 Å². The first-order valence-electron chi connectivity index (χ1n) is 9.90. The Kier molecular flexibility index (Phi) is 6.36. The number of amides is 1. The van der Waals surface area contributed by atoms with Gasteiger partial charge in [-0.3, -0.25) is 4.79 Å². The van der Waals surface area contributed by atoms with E-state index in [-0.39, 0.29) is 5.91 Å². The molecule has 0 bridgehead atoms. The van der Waals surface area contributed by atoms with E-state index in [2.05, 4.69) is 20.4 Å². The van der Waals surface area contributed by atoms with Gasteiger partial charge >= 0.3 is 0 Å². The standard InChI is InChI=1S/C20H26N4O2S2/c1-26-16-10-8-15(9-11-16)21-19-22-23-20(28-19)27-13-18(25)24-12-4-6-14-5-2-3-7-17(14)24/h8-11,14,17H,2-7,12-13H2,1H3,(H,21,22)/t14-,17-/m1/s1. The minimum absolute atomic E-state index is 0.251. The number of thioether (sulfide) groups is 1. The van der Waals surface area contributed by atoms with Gasteiger partial charge in [0.05, 0.1) is 12.9 Å². The van der Waals surface area contributed by atoms with Crippen LogP contribution in [0.3, 0.4) is 0 Å². The molecule has 2 heterocycles. The summed E-state index contributed by atoms with van der Waals surface area (Å²) in [6, 6.07) is 8.14. The molecular formula is C20H26N4O2S2. The van der Waals surface area contributed by atoms with Gasteiger partial charge in [-0.1, -0.05) is 35.9 Å². The molecule has 1 aromatic heterocycles. The topological polar surface area (TPSA) is 67.3 Å². The van der Waals surface area contributed by atoms with Gasteiger partial charge in [-0.15, -0.1) is 10.2 Å². The molecule has 2 aromatic rings. The lowest BCUT2D eigenvalue weighted by atomic mass is 9.78. The number of aromatic nitrogens is 2. The first-order chi connectivity index (χ1) is 13.7. The zero-order valence-electron chi connectivity index (χ0n) is 16.1. The summed E-state index contributed by atoms with van der Waals surface area (Å²) in [4.78, 5) is 15.0. The summed E-state index contributed by atoms with van der Waals surface area (Å²) >= 11 is 2.97. The first kappa shape index (κ1) is 19.5. The number of likely N-dealkylation sites (tertiary alicyclic amines) is 1. The van der Waals surface area contributed by atoms with Crippen LogP contribution in [0.15, 0.2) is 28.6 Å². The van der Waals surface area contributed by atoms with Crippen LogP contribution in [-0.2, 0) is 4.79 Å². The second-order valence-electron chi connectivity index (χ2n) is 7.36. The molecule has 1 saturated carbocycles. The maximum atomic E-state index is 12.8. The van der Waals surface area contributed by atoms with Crippen LogP contribution < -0.4 is 10.1 Å². The van der Waals surface area contributed by atoms with Gasteiger partial charge < -0.3 is 15.0 Å². The van der Waals surface area contributed by atoms with Gasteiger partial charge in [0, 0.05) is 18.3 Å². The Hall–Kier alpha value is -1.80. The number of hydrogen-bond donors (Lipinski definition) is 1. The first-order valence-corrected chi connectivity index (χ1v) is 11.7. The number of methoxy groups -OCH3 is 1. The summed E-state index contributed by atoms with van der Waals surface area (Å²) in [6.07, 6.45) is 7.49. The summed E-state index contributed by atoms with van der Waals surface area (Å²) in [5.74, 6) is 2.23. The quantitative estimate of drug-likeness (QED) is 0.694. The number of carbonyl (C=O) groups excluding carboxylic acids is 1. The van der Waals surface area contributed by atoms with E-state index in [1.54, 1.807) is 7.11 Å². The van der Waals surface area contributed by atoms with E-state index in [1.165, 1.54) is 55.2 Å². The SMILES string of the molecule is COc1ccc(Nc2nnc(SCC(=O)N3CCC[C@H]4CCCC[C@H]43)s2)cc1. The highest BCUT2D eigenvalue weighted by atomic mass is 32.2. The molecule has 1 N–H and O–H groups in total. The molecule has 28 heavy (non-hydrogen) atoms. The predicted molar refractivity (Wildman–Crippen MR) is 114 cm³/mol. The van der Waals surface area contributed by atoms with Crippen LogP contribution >= 0.6 is 23.1 Å². The van der Waals surface area contributed by atoms with E-state index in [9.17, 15) is 4.79 Å². The average Bonchev–Trinajstić information content (AvgIpc) is 3.19. The van der Waals surface area contributed by atoms with Crippen molar-refractivity contribution in [1.82, 2.24) is 15.1 Å². The van der Waals surface area contributed by atoms with E-state index in [0.29, 0.717) is 11.8 Å². The summed E-state index contributed by atoms with van der Waals surface area (Å²) < 4.78 is 5.99. The van der Waals surface area contributed by atoms with Crippen molar-refractivity contribution in [3.8, 4) is 5.75 Å². The number of rotatable bonds is 6. The molecule has 0 spiro atoms. The van der Waals surface area contributed by atoms with Gasteiger partial charge in [0.2, 0.25) is 11.0 Å². The minimum Gasteiger partial charge on any atom is -0.497 e. The van der Waals surface area contributed by atoms with Crippen LogP contribution in [0.1, 0.15) is 38.5 Å². The molecule has 4 rings (SSSR count). The highest BCUT2D eigenvalue weighted by molar-refractivity contribution is 8.01. The van der Waals surface area contributed by atoms with E-state index >= 15 is 0 Å². The Labute approximate surface area is 174 Å². The number of nitrogens with one attached hydrogen (secondary N) is 1. The fraction of sp³-hybridized carbons (Fsp3) is 0.550. The lowest BCUT2D eigenvalue weighted by molar-refractivity contribution is -0.134. The third-order valence-corrected chi connectivity index (χ3v) is 7.59. The Bertz CT molecular complexity index is 794. The van der Waals surface area contributed by atoms with Crippen LogP contribution in [0.2, 0.25) is 0 Å². The smallest absolute Gasteiger partial charge is 0.233 e. The second kappa shape index (κ2) is 9.13. The summed E-state index contributed by atoms with van der Waals surface area (Å²) in [7, 11) is 1.65. The van der Waals surface area contributed by atoms with E-state index < -0.39 is 0 Å². The molecule has 1 amide bonds. The van der Waals surface area contributed by atoms with Crippen LogP contribution in [0.25, 0.3) is 0 Å². The summed E-state index contributed by atoms with van der Waals surface area (Å²) in [5, 5.41) is 12.4. The van der Waals surface area contributed by atoms with Crippen molar-refractivity contribution >= 4 is 39.8 Å². The molecule has 1 aromatic carbocycles. The van der Waals surface area contributed by atoms with E-state index in [4.69, 9.17) is 4.74 Å². The molecule has 0 unspecified atom stereocenters. The zero-order valence-corrected chi connectivity index (χ0v) is 17.7. The monoisotopic (exact) mass is 418 g/mol. The Balaban J connectivity index is 1.30. The highest BCUT2D eigenvalue weighted by Gasteiger charge is 2.35. The van der Waals surface area contributed by atoms with Crippen molar-refractivity contribution in [3.05, 3.63) is 24.3 Å². The molecule has 1 aliphatic heterocycles. The molecule has 1 saturated heterocycles. The van der Waals surface area contributed by atoms with Crippen LogP contribution in [0.5, 0.6) is 5.75 Å². The number of ether oxygens (including phenoxy) is 1. The van der Waals surface area contributed by atoms with Crippen molar-refractivity contribution in [3.63, 3.8) is 0 Å². The van der Waals surface area contributed by atoms with Crippen LogP contribution in [0, 0.1) is 5.92 Å². The average molecular weight is 419 g/mol. The fourth-order valence-corrected chi connectivity index (χ4v) is 5.92. The molecule has 0 radical (unpaired) electrons. The number of benzene rings is 1. The maximum Gasteiger partial charge on any atom is 0.233 e. The van der Waals surface area contributed by atoms with Gasteiger partial charge in [0.25, 0.3) is 0 Å². The lowest BCUT2D eigenvalue weighted by Crippen LogP contribution is -2.50. The Morgan fingerprint density at radius 1 is 1.21 bits per heavy atom. The number of nitrogens with zero attached hydrogens (tertiary/aromatic N) is 3. The maximum absolute atomic E-state index is 12.8. The third-order valence-electron chi connectivity index (χ3n) is 5.63. The van der Waals surface area contributed by atoms with Crippen LogP contribution in [-0.4, -0.2) is 46.5 Å². The molecule has 8 heteroatoms. The normalized spacial score (nSPS) is 21.8. The van der Waals surface area contributed by atoms with E-state index in [1.807, 2.05) is 24.3 Å². The molecule has 6 nitrogen and oxygen atoms in total. The largest absolute Gasteiger partial charge is 0.497 e. The summed E-state index contributed by atoms with van der Waals surface area (Å²) in [6.45, 7) is 0.918. The molecule has 2 atom stereocenters. The van der Waals surface area contributed by atoms with Gasteiger partial charge in [0.15, 0.2) is 4.34 Å². The predicted octanol–water partition coefficient (Wildman–Crippen LogP) is 4.56. The number of carbonyl (C=O) groups is 1. The van der Waals surface area contributed by atoms with Gasteiger partial charge in [-0.25, -0.2) is 0 Å². The van der Waals surface area contributed by atoms with Crippen molar-refractivity contribution in [2.24, 2.45) is 5.92 Å². The van der Waals surface area contributed by atoms with Crippen molar-refractivity contribution in [2.45, 2.75) is 48.9 Å². The second-order valence-corrected chi connectivity index (χ2v) is 9.56. The van der Waals surface area contributed by atoms with Crippen molar-refractivity contribution in [1.29, 1.82) is 0 Å². The van der Waals surface area contributed by atoms with Gasteiger partial charge in [-0.2, -0.15) is 0 Å². The summed E-state index contributed by atoms with van der Waals surface area (Å²) in [5.41, 5.74) is 0.932. The van der Waals surface area contributed by atoms with E-state index in [0.717, 1.165) is 39.8 Å². The molecule has 1 aliphatic carbocycles. The number of hydrogen-bond acceptors (Lipinski definition) is 7. The third kappa shape index (κ3) is 4.60. The van der Waals surface area contributed by atoms with Gasteiger partial charge in [0.1, 0.15) is 5.75 Å². The molecule has 150 valence electrons.